The van der Waals surface area contributed by atoms with Gasteiger partial charge in [-0.2, -0.15) is 0 Å². The summed E-state index contributed by atoms with van der Waals surface area (Å²) in [5.74, 6) is -0.0795. The van der Waals surface area contributed by atoms with Gasteiger partial charge < -0.3 is 15.0 Å². The quantitative estimate of drug-likeness (QED) is 0.595. The highest BCUT2D eigenvalue weighted by atomic mass is 16.5. The van der Waals surface area contributed by atoms with E-state index in [1.165, 1.54) is 0 Å². The Morgan fingerprint density at radius 2 is 2.29 bits per heavy atom. The first-order valence-corrected chi connectivity index (χ1v) is 4.87. The fourth-order valence-corrected chi connectivity index (χ4v) is 2.01. The Morgan fingerprint density at radius 1 is 1.50 bits per heavy atom. The lowest BCUT2D eigenvalue weighted by atomic mass is 10.1. The van der Waals surface area contributed by atoms with Crippen molar-refractivity contribution in [3.8, 4) is 0 Å². The molecule has 0 aromatic heterocycles. The lowest BCUT2D eigenvalue weighted by molar-refractivity contribution is -0.147. The van der Waals surface area contributed by atoms with Gasteiger partial charge in [0.15, 0.2) is 0 Å². The topological polar surface area (TPSA) is 58.6 Å². The van der Waals surface area contributed by atoms with Gasteiger partial charge in [0.2, 0.25) is 11.8 Å². The molecule has 2 heterocycles. The molecule has 0 aliphatic carbocycles. The Labute approximate surface area is 82.4 Å². The van der Waals surface area contributed by atoms with Crippen LogP contribution < -0.4 is 5.32 Å². The molecule has 2 saturated heterocycles. The molecule has 2 amide bonds. The molecule has 0 aromatic carbocycles. The number of hydrogen-bond acceptors (Lipinski definition) is 3. The van der Waals surface area contributed by atoms with Crippen molar-refractivity contribution in [3.63, 3.8) is 0 Å². The van der Waals surface area contributed by atoms with Gasteiger partial charge in [-0.3, -0.25) is 9.59 Å². The third-order valence-corrected chi connectivity index (χ3v) is 2.80. The average molecular weight is 198 g/mol. The van der Waals surface area contributed by atoms with Gasteiger partial charge in [-0.05, 0) is 13.3 Å². The SMILES string of the molecule is CC1C(=O)NCC(=O)N1C1CCOC1. The number of carbonyl (C=O) groups excluding carboxylic acids is 2. The van der Waals surface area contributed by atoms with Crippen LogP contribution in [0, 0.1) is 0 Å². The second kappa shape index (κ2) is 3.57. The molecular weight excluding hydrogens is 184 g/mol. The molecule has 14 heavy (non-hydrogen) atoms. The molecule has 2 fully saturated rings. The van der Waals surface area contributed by atoms with Crippen LogP contribution in [0.3, 0.4) is 0 Å². The summed E-state index contributed by atoms with van der Waals surface area (Å²) in [4.78, 5) is 24.6. The monoisotopic (exact) mass is 198 g/mol. The van der Waals surface area contributed by atoms with E-state index >= 15 is 0 Å². The number of rotatable bonds is 1. The van der Waals surface area contributed by atoms with Crippen molar-refractivity contribution < 1.29 is 14.3 Å². The van der Waals surface area contributed by atoms with Crippen molar-refractivity contribution >= 4 is 11.8 Å². The van der Waals surface area contributed by atoms with Crippen LogP contribution in [0.25, 0.3) is 0 Å². The van der Waals surface area contributed by atoms with Crippen LogP contribution in [-0.4, -0.2) is 48.6 Å². The summed E-state index contributed by atoms with van der Waals surface area (Å²) in [5.41, 5.74) is 0. The second-order valence-corrected chi connectivity index (χ2v) is 3.71. The lowest BCUT2D eigenvalue weighted by Crippen LogP contribution is -2.60. The predicted octanol–water partition coefficient (Wildman–Crippen LogP) is -0.878. The van der Waals surface area contributed by atoms with Crippen LogP contribution in [0.5, 0.6) is 0 Å². The van der Waals surface area contributed by atoms with E-state index in [1.807, 2.05) is 0 Å². The van der Waals surface area contributed by atoms with Gasteiger partial charge in [-0.15, -0.1) is 0 Å². The summed E-state index contributed by atoms with van der Waals surface area (Å²) in [6.45, 7) is 3.12. The molecule has 0 bridgehead atoms. The molecule has 2 aliphatic heterocycles. The molecule has 2 aliphatic rings. The maximum Gasteiger partial charge on any atom is 0.242 e. The highest BCUT2D eigenvalue weighted by Crippen LogP contribution is 2.17. The molecule has 2 unspecified atom stereocenters. The van der Waals surface area contributed by atoms with E-state index in [9.17, 15) is 9.59 Å². The van der Waals surface area contributed by atoms with E-state index in [0.29, 0.717) is 13.2 Å². The van der Waals surface area contributed by atoms with Crippen LogP contribution in [0.4, 0.5) is 0 Å². The van der Waals surface area contributed by atoms with E-state index in [2.05, 4.69) is 5.32 Å². The minimum atomic E-state index is -0.358. The first-order valence-electron chi connectivity index (χ1n) is 4.87. The van der Waals surface area contributed by atoms with Crippen molar-refractivity contribution in [2.45, 2.75) is 25.4 Å². The van der Waals surface area contributed by atoms with E-state index < -0.39 is 0 Å². The zero-order valence-electron chi connectivity index (χ0n) is 8.16. The van der Waals surface area contributed by atoms with E-state index in [4.69, 9.17) is 4.74 Å². The maximum atomic E-state index is 11.6. The number of carbonyl (C=O) groups is 2. The van der Waals surface area contributed by atoms with Gasteiger partial charge in [0.05, 0.1) is 19.2 Å². The van der Waals surface area contributed by atoms with Crippen molar-refractivity contribution in [2.24, 2.45) is 0 Å². The summed E-state index contributed by atoms with van der Waals surface area (Å²) >= 11 is 0. The molecule has 5 heteroatoms. The summed E-state index contributed by atoms with van der Waals surface area (Å²) in [6.07, 6.45) is 0.837. The molecule has 0 radical (unpaired) electrons. The Hall–Kier alpha value is -1.10. The van der Waals surface area contributed by atoms with Crippen LogP contribution >= 0.6 is 0 Å². The molecule has 1 N–H and O–H groups in total. The molecule has 0 spiro atoms. The first-order chi connectivity index (χ1) is 6.70. The third kappa shape index (κ3) is 1.48. The Kier molecular flexibility index (Phi) is 2.41. The summed E-state index contributed by atoms with van der Waals surface area (Å²) in [7, 11) is 0. The number of nitrogens with one attached hydrogen (secondary N) is 1. The van der Waals surface area contributed by atoms with Crippen molar-refractivity contribution in [1.82, 2.24) is 10.2 Å². The maximum absolute atomic E-state index is 11.6. The average Bonchev–Trinajstić information content (AvgIpc) is 2.65. The minimum absolute atomic E-state index is 0.00685. The molecule has 78 valence electrons. The molecular formula is C9H14N2O3. The van der Waals surface area contributed by atoms with Crippen LogP contribution in [0.1, 0.15) is 13.3 Å². The van der Waals surface area contributed by atoms with Gasteiger partial charge in [0.25, 0.3) is 0 Å². The number of nitrogens with zero attached hydrogens (tertiary/aromatic N) is 1. The summed E-state index contributed by atoms with van der Waals surface area (Å²) in [6, 6.07) is -0.272. The standard InChI is InChI=1S/C9H14N2O3/c1-6-9(13)10-4-8(12)11(6)7-2-3-14-5-7/h6-7H,2-5H2,1H3,(H,10,13). The summed E-state index contributed by atoms with van der Waals surface area (Å²) in [5, 5.41) is 2.56. The van der Waals surface area contributed by atoms with Gasteiger partial charge >= 0.3 is 0 Å². The van der Waals surface area contributed by atoms with E-state index in [0.717, 1.165) is 6.42 Å². The first kappa shape index (κ1) is 9.45. The lowest BCUT2D eigenvalue weighted by Gasteiger charge is -2.36. The smallest absolute Gasteiger partial charge is 0.242 e. The van der Waals surface area contributed by atoms with Crippen LogP contribution in [0.15, 0.2) is 0 Å². The third-order valence-electron chi connectivity index (χ3n) is 2.80. The highest BCUT2D eigenvalue weighted by Gasteiger charge is 2.37. The second-order valence-electron chi connectivity index (χ2n) is 3.71. The van der Waals surface area contributed by atoms with Crippen LogP contribution in [-0.2, 0) is 14.3 Å². The largest absolute Gasteiger partial charge is 0.379 e. The van der Waals surface area contributed by atoms with Gasteiger partial charge in [-0.1, -0.05) is 0 Å². The van der Waals surface area contributed by atoms with Crippen molar-refractivity contribution in [1.29, 1.82) is 0 Å². The molecule has 0 aromatic rings. The fraction of sp³-hybridized carbons (Fsp3) is 0.778. The van der Waals surface area contributed by atoms with Crippen molar-refractivity contribution in [3.05, 3.63) is 0 Å². The summed E-state index contributed by atoms with van der Waals surface area (Å²) < 4.78 is 5.22. The zero-order chi connectivity index (χ0) is 10.1. The van der Waals surface area contributed by atoms with Crippen molar-refractivity contribution in [2.75, 3.05) is 19.8 Å². The molecule has 0 saturated carbocycles. The number of piperazine rings is 1. The number of hydrogen-bond donors (Lipinski definition) is 1. The predicted molar refractivity (Wildman–Crippen MR) is 48.5 cm³/mol. The molecule has 5 nitrogen and oxygen atoms in total. The zero-order valence-corrected chi connectivity index (χ0v) is 8.16. The van der Waals surface area contributed by atoms with Gasteiger partial charge in [0, 0.05) is 6.61 Å². The van der Waals surface area contributed by atoms with Crippen LogP contribution in [0.2, 0.25) is 0 Å². The van der Waals surface area contributed by atoms with E-state index in [1.54, 1.807) is 11.8 Å². The fourth-order valence-electron chi connectivity index (χ4n) is 2.01. The van der Waals surface area contributed by atoms with Gasteiger partial charge in [-0.25, -0.2) is 0 Å². The highest BCUT2D eigenvalue weighted by molar-refractivity contribution is 5.94. The number of ether oxygens (including phenoxy) is 1. The minimum Gasteiger partial charge on any atom is -0.379 e. The molecule has 2 rings (SSSR count). The number of amides is 2. The van der Waals surface area contributed by atoms with E-state index in [-0.39, 0.29) is 30.4 Å². The molecule has 2 atom stereocenters. The Morgan fingerprint density at radius 3 is 2.93 bits per heavy atom. The normalized spacial score (nSPS) is 33.4. The Balaban J connectivity index is 2.12. The Bertz CT molecular complexity index is 261. The van der Waals surface area contributed by atoms with Gasteiger partial charge in [0.1, 0.15) is 6.04 Å².